The second kappa shape index (κ2) is 9.51. The predicted octanol–water partition coefficient (Wildman–Crippen LogP) is 5.80. The Labute approximate surface area is 198 Å². The summed E-state index contributed by atoms with van der Waals surface area (Å²) in [6, 6.07) is 18.5. The van der Waals surface area contributed by atoms with Crippen molar-refractivity contribution in [2.24, 2.45) is 5.92 Å². The molecule has 3 aromatic carbocycles. The number of benzene rings is 3. The molecule has 0 aliphatic carbocycles. The van der Waals surface area contributed by atoms with E-state index in [2.05, 4.69) is 0 Å². The number of ketones is 1. The van der Waals surface area contributed by atoms with Gasteiger partial charge in [0.1, 0.15) is 17.3 Å². The summed E-state index contributed by atoms with van der Waals surface area (Å²) in [5.41, 5.74) is 1.53. The van der Waals surface area contributed by atoms with Crippen molar-refractivity contribution >= 4 is 23.1 Å². The van der Waals surface area contributed by atoms with Crippen LogP contribution in [0.4, 0.5) is 10.1 Å². The number of carbonyl (C=O) groups excluding carboxylic acids is 2. The molecule has 1 saturated heterocycles. The van der Waals surface area contributed by atoms with Crippen LogP contribution in [0, 0.1) is 18.7 Å². The van der Waals surface area contributed by atoms with Gasteiger partial charge < -0.3 is 9.84 Å². The Kier molecular flexibility index (Phi) is 6.50. The molecule has 34 heavy (non-hydrogen) atoms. The summed E-state index contributed by atoms with van der Waals surface area (Å²) in [5, 5.41) is 11.2. The van der Waals surface area contributed by atoms with Crippen molar-refractivity contribution in [3.05, 3.63) is 101 Å². The number of carbonyl (C=O) groups is 2. The van der Waals surface area contributed by atoms with Crippen LogP contribution >= 0.6 is 0 Å². The van der Waals surface area contributed by atoms with Gasteiger partial charge in [-0.2, -0.15) is 0 Å². The monoisotopic (exact) mass is 459 g/mol. The molecule has 3 aromatic rings. The highest BCUT2D eigenvalue weighted by molar-refractivity contribution is 6.51. The average Bonchev–Trinajstić information content (AvgIpc) is 3.08. The van der Waals surface area contributed by atoms with Crippen molar-refractivity contribution in [1.82, 2.24) is 0 Å². The average molecular weight is 460 g/mol. The molecule has 174 valence electrons. The maximum atomic E-state index is 15.0. The van der Waals surface area contributed by atoms with Crippen LogP contribution in [0.3, 0.4) is 0 Å². The van der Waals surface area contributed by atoms with Gasteiger partial charge in [-0.05, 0) is 54.8 Å². The van der Waals surface area contributed by atoms with E-state index in [1.54, 1.807) is 42.5 Å². The fourth-order valence-electron chi connectivity index (χ4n) is 4.03. The van der Waals surface area contributed by atoms with Crippen LogP contribution in [-0.4, -0.2) is 23.4 Å². The van der Waals surface area contributed by atoms with E-state index in [1.165, 1.54) is 23.1 Å². The third-order valence-electron chi connectivity index (χ3n) is 5.73. The van der Waals surface area contributed by atoms with Gasteiger partial charge >= 0.3 is 0 Å². The predicted molar refractivity (Wildman–Crippen MR) is 129 cm³/mol. The quantitative estimate of drug-likeness (QED) is 0.288. The maximum absolute atomic E-state index is 15.0. The van der Waals surface area contributed by atoms with E-state index in [1.807, 2.05) is 32.9 Å². The highest BCUT2D eigenvalue weighted by Gasteiger charge is 2.48. The summed E-state index contributed by atoms with van der Waals surface area (Å²) in [5.74, 6) is -1.65. The van der Waals surface area contributed by atoms with E-state index in [-0.39, 0.29) is 16.9 Å². The summed E-state index contributed by atoms with van der Waals surface area (Å²) in [6.07, 6.45) is 0. The highest BCUT2D eigenvalue weighted by atomic mass is 19.1. The lowest BCUT2D eigenvalue weighted by Crippen LogP contribution is -2.30. The minimum Gasteiger partial charge on any atom is -0.507 e. The molecule has 1 heterocycles. The van der Waals surface area contributed by atoms with Gasteiger partial charge in [0.15, 0.2) is 0 Å². The third-order valence-corrected chi connectivity index (χ3v) is 5.73. The number of aryl methyl sites for hydroxylation is 1. The number of para-hydroxylation sites is 1. The van der Waals surface area contributed by atoms with E-state index >= 15 is 0 Å². The van der Waals surface area contributed by atoms with E-state index in [0.29, 0.717) is 29.5 Å². The first-order valence-electron chi connectivity index (χ1n) is 11.1. The minimum atomic E-state index is -1.11. The largest absolute Gasteiger partial charge is 0.507 e. The summed E-state index contributed by atoms with van der Waals surface area (Å²) >= 11 is 0. The first kappa shape index (κ1) is 23.2. The van der Waals surface area contributed by atoms with Crippen molar-refractivity contribution in [3.63, 3.8) is 0 Å². The normalized spacial score (nSPS) is 17.4. The molecule has 0 spiro atoms. The SMILES string of the molecule is Cc1ccccc1N1C(=O)C(=O)/C(=C(/O)c2ccc(OCC(C)C)cc2)C1c1ccccc1F. The minimum absolute atomic E-state index is 0.128. The number of rotatable bonds is 6. The topological polar surface area (TPSA) is 66.8 Å². The van der Waals surface area contributed by atoms with Gasteiger partial charge in [-0.25, -0.2) is 4.39 Å². The smallest absolute Gasteiger partial charge is 0.300 e. The molecule has 1 amide bonds. The second-order valence-electron chi connectivity index (χ2n) is 8.71. The molecule has 1 aliphatic rings. The molecule has 5 nitrogen and oxygen atoms in total. The van der Waals surface area contributed by atoms with Gasteiger partial charge in [0.2, 0.25) is 0 Å². The van der Waals surface area contributed by atoms with Crippen LogP contribution in [0.2, 0.25) is 0 Å². The zero-order chi connectivity index (χ0) is 24.4. The number of nitrogens with zero attached hydrogens (tertiary/aromatic N) is 1. The lowest BCUT2D eigenvalue weighted by Gasteiger charge is -2.27. The van der Waals surface area contributed by atoms with Gasteiger partial charge in [0, 0.05) is 16.8 Å². The van der Waals surface area contributed by atoms with Gasteiger partial charge in [-0.3, -0.25) is 14.5 Å². The van der Waals surface area contributed by atoms with Crippen molar-refractivity contribution in [3.8, 4) is 5.75 Å². The lowest BCUT2D eigenvalue weighted by atomic mass is 9.94. The maximum Gasteiger partial charge on any atom is 0.300 e. The van der Waals surface area contributed by atoms with Crippen LogP contribution in [0.25, 0.3) is 5.76 Å². The Morgan fingerprint density at radius 2 is 1.65 bits per heavy atom. The summed E-state index contributed by atoms with van der Waals surface area (Å²) in [4.78, 5) is 27.7. The number of hydrogen-bond donors (Lipinski definition) is 1. The first-order valence-corrected chi connectivity index (χ1v) is 11.1. The molecule has 0 saturated carbocycles. The number of Topliss-reactive ketones (excluding diaryl/α,β-unsaturated/α-hetero) is 1. The fraction of sp³-hybridized carbons (Fsp3) is 0.214. The van der Waals surface area contributed by atoms with Crippen LogP contribution in [0.5, 0.6) is 5.75 Å². The summed E-state index contributed by atoms with van der Waals surface area (Å²) in [6.45, 7) is 6.43. The lowest BCUT2D eigenvalue weighted by molar-refractivity contribution is -0.132. The van der Waals surface area contributed by atoms with Gasteiger partial charge in [0.05, 0.1) is 18.2 Å². The fourth-order valence-corrected chi connectivity index (χ4v) is 4.03. The van der Waals surface area contributed by atoms with Crippen LogP contribution in [-0.2, 0) is 9.59 Å². The van der Waals surface area contributed by atoms with Gasteiger partial charge in [-0.1, -0.05) is 50.2 Å². The van der Waals surface area contributed by atoms with Crippen molar-refractivity contribution in [1.29, 1.82) is 0 Å². The number of aliphatic hydroxyl groups excluding tert-OH is 1. The van der Waals surface area contributed by atoms with E-state index in [9.17, 15) is 19.1 Å². The summed E-state index contributed by atoms with van der Waals surface area (Å²) < 4.78 is 20.6. The molecule has 1 unspecified atom stereocenters. The zero-order valence-corrected chi connectivity index (χ0v) is 19.3. The Bertz CT molecular complexity index is 1260. The molecule has 1 atom stereocenters. The molecule has 6 heteroatoms. The number of hydrogen-bond acceptors (Lipinski definition) is 4. The molecule has 0 bridgehead atoms. The Morgan fingerprint density at radius 3 is 2.29 bits per heavy atom. The third kappa shape index (κ3) is 4.31. The second-order valence-corrected chi connectivity index (χ2v) is 8.71. The summed E-state index contributed by atoms with van der Waals surface area (Å²) in [7, 11) is 0. The van der Waals surface area contributed by atoms with E-state index < -0.39 is 23.5 Å². The highest BCUT2D eigenvalue weighted by Crippen LogP contribution is 2.43. The number of aliphatic hydroxyl groups is 1. The Morgan fingerprint density at radius 1 is 1.00 bits per heavy atom. The standard InChI is InChI=1S/C28H26FNO4/c1-17(2)16-34-20-14-12-19(13-15-20)26(31)24-25(21-9-5-6-10-22(21)29)30(28(33)27(24)32)23-11-7-4-8-18(23)3/h4-15,17,25,31H,16H2,1-3H3/b26-24+. The molecule has 0 aromatic heterocycles. The number of amides is 1. The van der Waals surface area contributed by atoms with Gasteiger partial charge in [0.25, 0.3) is 11.7 Å². The number of halogens is 1. The van der Waals surface area contributed by atoms with Crippen molar-refractivity contribution in [2.75, 3.05) is 11.5 Å². The molecular weight excluding hydrogens is 433 g/mol. The first-order chi connectivity index (χ1) is 16.3. The molecule has 1 N–H and O–H groups in total. The van der Waals surface area contributed by atoms with Crippen LogP contribution in [0.15, 0.2) is 78.4 Å². The molecule has 1 fully saturated rings. The van der Waals surface area contributed by atoms with Crippen molar-refractivity contribution in [2.45, 2.75) is 26.8 Å². The number of anilines is 1. The molecule has 1 aliphatic heterocycles. The molecule has 4 rings (SSSR count). The number of ether oxygens (including phenoxy) is 1. The van der Waals surface area contributed by atoms with Crippen LogP contribution in [0.1, 0.15) is 36.6 Å². The van der Waals surface area contributed by atoms with E-state index in [0.717, 1.165) is 5.56 Å². The molecular formula is C28H26FNO4. The Hall–Kier alpha value is -3.93. The van der Waals surface area contributed by atoms with Crippen molar-refractivity contribution < 1.29 is 23.8 Å². The van der Waals surface area contributed by atoms with E-state index in [4.69, 9.17) is 4.74 Å². The van der Waals surface area contributed by atoms with Crippen LogP contribution < -0.4 is 9.64 Å². The Balaban J connectivity index is 1.85. The van der Waals surface area contributed by atoms with Gasteiger partial charge in [-0.15, -0.1) is 0 Å². The molecule has 0 radical (unpaired) electrons. The zero-order valence-electron chi connectivity index (χ0n) is 19.3.